The number of aliphatic hydroxyl groups is 1. The molecule has 9 heteroatoms. The molecule has 0 saturated carbocycles. The summed E-state index contributed by atoms with van der Waals surface area (Å²) in [4.78, 5) is 42.7. The van der Waals surface area contributed by atoms with Crippen LogP contribution in [-0.2, 0) is 25.7 Å². The second kappa shape index (κ2) is 13.4. The van der Waals surface area contributed by atoms with Crippen LogP contribution in [0.5, 0.6) is 11.5 Å². The Hall–Kier alpha value is -3.43. The molecule has 2 aliphatic heterocycles. The standard InChI is InChI=1S/C29H36N2O7/c1-36-22-11-13-23(14-12-22)38-20-28(34)30-15-6-10-26(30)29(35)31-16-5-9-25(31)24(27(33)17-32)19-37-18-21-7-3-2-4-8-21/h2-4,7-8,11-14,24-26,32H,5-6,9-10,15-20H2,1H3/t24-,25+,26+/m1/s1. The van der Waals surface area contributed by atoms with E-state index in [2.05, 4.69) is 0 Å². The van der Waals surface area contributed by atoms with Gasteiger partial charge in [-0.05, 0) is 55.5 Å². The van der Waals surface area contributed by atoms with E-state index >= 15 is 0 Å². The fourth-order valence-electron chi connectivity index (χ4n) is 5.31. The van der Waals surface area contributed by atoms with E-state index in [0.29, 0.717) is 44.0 Å². The molecule has 2 amide bonds. The molecule has 9 nitrogen and oxygen atoms in total. The SMILES string of the molecule is COc1ccc(OCC(=O)N2CCC[C@H]2C(=O)N2CCC[C@H]2[C@@H](COCc2ccccc2)C(=O)CO)cc1. The molecule has 2 heterocycles. The summed E-state index contributed by atoms with van der Waals surface area (Å²) in [5.74, 6) is -0.128. The molecule has 204 valence electrons. The average Bonchev–Trinajstić information content (AvgIpc) is 3.65. The van der Waals surface area contributed by atoms with E-state index in [0.717, 1.165) is 18.4 Å². The number of nitrogens with zero attached hydrogens (tertiary/aromatic N) is 2. The lowest BCUT2D eigenvalue weighted by Crippen LogP contribution is -2.53. The second-order valence-corrected chi connectivity index (χ2v) is 9.68. The number of benzene rings is 2. The molecule has 2 saturated heterocycles. The van der Waals surface area contributed by atoms with Crippen LogP contribution in [0.15, 0.2) is 54.6 Å². The van der Waals surface area contributed by atoms with Crippen LogP contribution >= 0.6 is 0 Å². The van der Waals surface area contributed by atoms with Gasteiger partial charge in [0.2, 0.25) is 5.91 Å². The molecular weight excluding hydrogens is 488 g/mol. The number of carbonyl (C=O) groups is 3. The zero-order valence-electron chi connectivity index (χ0n) is 21.8. The van der Waals surface area contributed by atoms with Gasteiger partial charge in [0.05, 0.1) is 26.2 Å². The number of ether oxygens (including phenoxy) is 3. The molecule has 0 aliphatic carbocycles. The summed E-state index contributed by atoms with van der Waals surface area (Å²) in [6.07, 6.45) is 2.70. The van der Waals surface area contributed by atoms with Gasteiger partial charge >= 0.3 is 0 Å². The van der Waals surface area contributed by atoms with E-state index < -0.39 is 18.6 Å². The van der Waals surface area contributed by atoms with Crippen molar-refractivity contribution in [2.75, 3.05) is 40.0 Å². The lowest BCUT2D eigenvalue weighted by molar-refractivity contribution is -0.147. The number of hydrogen-bond donors (Lipinski definition) is 1. The molecule has 2 aromatic rings. The van der Waals surface area contributed by atoms with Crippen LogP contribution in [0.1, 0.15) is 31.2 Å². The highest BCUT2D eigenvalue weighted by Gasteiger charge is 2.43. The Morgan fingerprint density at radius 2 is 1.63 bits per heavy atom. The Balaban J connectivity index is 1.38. The first-order valence-electron chi connectivity index (χ1n) is 13.1. The zero-order chi connectivity index (χ0) is 26.9. The van der Waals surface area contributed by atoms with Gasteiger partial charge in [-0.15, -0.1) is 0 Å². The van der Waals surface area contributed by atoms with Crippen LogP contribution in [-0.4, -0.2) is 84.6 Å². The number of hydrogen-bond acceptors (Lipinski definition) is 7. The predicted octanol–water partition coefficient (Wildman–Crippen LogP) is 2.45. The Morgan fingerprint density at radius 1 is 0.947 bits per heavy atom. The van der Waals surface area contributed by atoms with Gasteiger partial charge in [-0.2, -0.15) is 0 Å². The minimum atomic E-state index is -0.626. The molecule has 0 aromatic heterocycles. The van der Waals surface area contributed by atoms with Gasteiger partial charge < -0.3 is 29.1 Å². The van der Waals surface area contributed by atoms with Crippen molar-refractivity contribution in [1.82, 2.24) is 9.80 Å². The van der Waals surface area contributed by atoms with Gasteiger partial charge in [0.1, 0.15) is 24.1 Å². The van der Waals surface area contributed by atoms with Crippen LogP contribution in [0.3, 0.4) is 0 Å². The number of aliphatic hydroxyl groups excluding tert-OH is 1. The topological polar surface area (TPSA) is 106 Å². The van der Waals surface area contributed by atoms with Crippen molar-refractivity contribution < 1.29 is 33.7 Å². The third kappa shape index (κ3) is 6.71. The number of likely N-dealkylation sites (tertiary alicyclic amines) is 2. The third-order valence-corrected chi connectivity index (χ3v) is 7.31. The second-order valence-electron chi connectivity index (χ2n) is 9.68. The first kappa shape index (κ1) is 27.6. The summed E-state index contributed by atoms with van der Waals surface area (Å²) in [6.45, 7) is 0.686. The maximum Gasteiger partial charge on any atom is 0.261 e. The fourth-order valence-corrected chi connectivity index (χ4v) is 5.31. The first-order valence-corrected chi connectivity index (χ1v) is 13.1. The lowest BCUT2D eigenvalue weighted by Gasteiger charge is -2.34. The highest BCUT2D eigenvalue weighted by atomic mass is 16.5. The highest BCUT2D eigenvalue weighted by molar-refractivity contribution is 5.90. The molecule has 4 rings (SSSR count). The monoisotopic (exact) mass is 524 g/mol. The molecular formula is C29H36N2O7. The molecule has 2 aliphatic rings. The molecule has 38 heavy (non-hydrogen) atoms. The maximum absolute atomic E-state index is 13.7. The Bertz CT molecular complexity index is 1080. The summed E-state index contributed by atoms with van der Waals surface area (Å²) >= 11 is 0. The summed E-state index contributed by atoms with van der Waals surface area (Å²) in [5.41, 5.74) is 0.985. The normalized spacial score (nSPS) is 19.8. The minimum absolute atomic E-state index is 0.117. The number of ketones is 1. The van der Waals surface area contributed by atoms with Crippen molar-refractivity contribution in [3.05, 3.63) is 60.2 Å². The predicted molar refractivity (Wildman–Crippen MR) is 140 cm³/mol. The van der Waals surface area contributed by atoms with Crippen molar-refractivity contribution in [3.63, 3.8) is 0 Å². The molecule has 1 N–H and O–H groups in total. The quantitative estimate of drug-likeness (QED) is 0.455. The van der Waals surface area contributed by atoms with E-state index in [1.807, 2.05) is 30.3 Å². The largest absolute Gasteiger partial charge is 0.497 e. The number of methoxy groups -OCH3 is 1. The van der Waals surface area contributed by atoms with Gasteiger partial charge in [0.15, 0.2) is 12.4 Å². The van der Waals surface area contributed by atoms with E-state index in [1.54, 1.807) is 41.2 Å². The molecule has 2 aromatic carbocycles. The molecule has 0 unspecified atom stereocenters. The van der Waals surface area contributed by atoms with Gasteiger partial charge in [-0.1, -0.05) is 30.3 Å². The van der Waals surface area contributed by atoms with E-state index in [1.165, 1.54) is 0 Å². The molecule has 0 spiro atoms. The van der Waals surface area contributed by atoms with Crippen molar-refractivity contribution in [2.24, 2.45) is 5.92 Å². The number of carbonyl (C=O) groups excluding carboxylic acids is 3. The molecule has 0 bridgehead atoms. The van der Waals surface area contributed by atoms with Gasteiger partial charge in [0, 0.05) is 19.1 Å². The summed E-state index contributed by atoms with van der Waals surface area (Å²) in [7, 11) is 1.58. The van der Waals surface area contributed by atoms with Crippen LogP contribution in [0.4, 0.5) is 0 Å². The van der Waals surface area contributed by atoms with Crippen LogP contribution in [0, 0.1) is 5.92 Å². The van der Waals surface area contributed by atoms with Crippen LogP contribution in [0.25, 0.3) is 0 Å². The maximum atomic E-state index is 13.7. The fraction of sp³-hybridized carbons (Fsp3) is 0.483. The molecule has 3 atom stereocenters. The first-order chi connectivity index (χ1) is 18.5. The Kier molecular flexibility index (Phi) is 9.73. The average molecular weight is 525 g/mol. The van der Waals surface area contributed by atoms with Crippen molar-refractivity contribution in [3.8, 4) is 11.5 Å². The lowest BCUT2D eigenvalue weighted by atomic mass is 9.93. The molecule has 2 fully saturated rings. The third-order valence-electron chi connectivity index (χ3n) is 7.31. The van der Waals surface area contributed by atoms with Gasteiger partial charge in [-0.3, -0.25) is 14.4 Å². The number of amides is 2. The highest BCUT2D eigenvalue weighted by Crippen LogP contribution is 2.30. The van der Waals surface area contributed by atoms with E-state index in [9.17, 15) is 19.5 Å². The Labute approximate surface area is 223 Å². The minimum Gasteiger partial charge on any atom is -0.497 e. The van der Waals surface area contributed by atoms with E-state index in [-0.39, 0.29) is 36.9 Å². The van der Waals surface area contributed by atoms with Crippen molar-refractivity contribution in [2.45, 2.75) is 44.4 Å². The van der Waals surface area contributed by atoms with Crippen LogP contribution < -0.4 is 9.47 Å². The smallest absolute Gasteiger partial charge is 0.261 e. The Morgan fingerprint density at radius 3 is 2.34 bits per heavy atom. The van der Waals surface area contributed by atoms with Crippen molar-refractivity contribution >= 4 is 17.6 Å². The summed E-state index contributed by atoms with van der Waals surface area (Å²) in [5, 5.41) is 9.63. The van der Waals surface area contributed by atoms with Gasteiger partial charge in [-0.25, -0.2) is 0 Å². The zero-order valence-corrected chi connectivity index (χ0v) is 21.8. The van der Waals surface area contributed by atoms with Crippen molar-refractivity contribution in [1.29, 1.82) is 0 Å². The summed E-state index contributed by atoms with van der Waals surface area (Å²) in [6, 6.07) is 15.7. The summed E-state index contributed by atoms with van der Waals surface area (Å²) < 4.78 is 16.7. The van der Waals surface area contributed by atoms with E-state index in [4.69, 9.17) is 14.2 Å². The number of Topliss-reactive ketones (excluding diaryl/α,β-unsaturated/α-hetero) is 1. The van der Waals surface area contributed by atoms with Gasteiger partial charge in [0.25, 0.3) is 5.91 Å². The van der Waals surface area contributed by atoms with Crippen LogP contribution in [0.2, 0.25) is 0 Å². The molecule has 0 radical (unpaired) electrons. The number of rotatable bonds is 12.